The van der Waals surface area contributed by atoms with Crippen LogP contribution < -0.4 is 5.73 Å². The minimum absolute atomic E-state index is 0.181. The number of carbonyl (C=O) groups excluding carboxylic acids is 1. The molecule has 2 heterocycles. The van der Waals surface area contributed by atoms with Gasteiger partial charge in [-0.2, -0.15) is 5.10 Å². The molecule has 6 nitrogen and oxygen atoms in total. The van der Waals surface area contributed by atoms with Crippen LogP contribution in [0.3, 0.4) is 0 Å². The number of nitrogens with two attached hydrogens (primary N) is 1. The summed E-state index contributed by atoms with van der Waals surface area (Å²) in [4.78, 5) is 14.0. The fourth-order valence-corrected chi connectivity index (χ4v) is 2.90. The molecular formula is C15H26N4O2. The van der Waals surface area contributed by atoms with Crippen LogP contribution in [0.4, 0.5) is 0 Å². The number of hydrogen-bond acceptors (Lipinski definition) is 5. The Balaban J connectivity index is 2.06. The largest absolute Gasteiger partial charge is 0.465 e. The quantitative estimate of drug-likeness (QED) is 0.820. The Morgan fingerprint density at radius 2 is 2.24 bits per heavy atom. The first kappa shape index (κ1) is 16.0. The van der Waals surface area contributed by atoms with E-state index in [4.69, 9.17) is 10.5 Å². The summed E-state index contributed by atoms with van der Waals surface area (Å²) < 4.78 is 6.73. The Morgan fingerprint density at radius 1 is 1.48 bits per heavy atom. The van der Waals surface area contributed by atoms with Crippen molar-refractivity contribution in [3.05, 3.63) is 17.0 Å². The topological polar surface area (TPSA) is 73.4 Å². The Hall–Kier alpha value is -1.40. The third-order valence-electron chi connectivity index (χ3n) is 4.04. The molecule has 0 saturated carbocycles. The second kappa shape index (κ2) is 7.04. The summed E-state index contributed by atoms with van der Waals surface area (Å²) in [7, 11) is 0. The lowest BCUT2D eigenvalue weighted by Crippen LogP contribution is -2.42. The van der Waals surface area contributed by atoms with Crippen LogP contribution in [0.2, 0.25) is 0 Å². The number of aromatic nitrogens is 2. The molecule has 2 rings (SSSR count). The predicted octanol–water partition coefficient (Wildman–Crippen LogP) is 0.986. The zero-order valence-electron chi connectivity index (χ0n) is 13.3. The second-order valence-electron chi connectivity index (χ2n) is 5.75. The van der Waals surface area contributed by atoms with Crippen molar-refractivity contribution in [2.24, 2.45) is 5.73 Å². The van der Waals surface area contributed by atoms with Gasteiger partial charge in [-0.15, -0.1) is 0 Å². The number of rotatable bonds is 5. The first-order valence-electron chi connectivity index (χ1n) is 7.67. The van der Waals surface area contributed by atoms with Crippen molar-refractivity contribution >= 4 is 5.97 Å². The van der Waals surface area contributed by atoms with Crippen LogP contribution in [0.25, 0.3) is 0 Å². The van der Waals surface area contributed by atoms with E-state index in [9.17, 15) is 4.79 Å². The maximum Gasteiger partial charge on any atom is 0.327 e. The highest BCUT2D eigenvalue weighted by atomic mass is 16.5. The fourth-order valence-electron chi connectivity index (χ4n) is 2.90. The van der Waals surface area contributed by atoms with Gasteiger partial charge in [0.2, 0.25) is 0 Å². The molecule has 1 fully saturated rings. The molecule has 118 valence electrons. The highest BCUT2D eigenvalue weighted by Crippen LogP contribution is 2.18. The average Bonchev–Trinajstić information content (AvgIpc) is 2.67. The lowest BCUT2D eigenvalue weighted by atomic mass is 10.1. The number of carbonyl (C=O) groups is 1. The van der Waals surface area contributed by atoms with Crippen LogP contribution in [0.5, 0.6) is 0 Å². The molecule has 1 unspecified atom stereocenters. The normalized spacial score (nSPS) is 19.7. The van der Waals surface area contributed by atoms with E-state index < -0.39 is 0 Å². The third kappa shape index (κ3) is 4.04. The van der Waals surface area contributed by atoms with Crippen molar-refractivity contribution < 1.29 is 9.53 Å². The first-order valence-corrected chi connectivity index (χ1v) is 7.67. The molecule has 6 heteroatoms. The molecule has 1 aromatic heterocycles. The van der Waals surface area contributed by atoms with Gasteiger partial charge in [-0.1, -0.05) is 0 Å². The molecule has 2 N–H and O–H groups in total. The Labute approximate surface area is 126 Å². The molecule has 1 aliphatic heterocycles. The SMILES string of the molecule is CCOC(=O)Cn1nc(C)c(CN2CCCC(N)C2)c1C. The number of esters is 1. The minimum atomic E-state index is -0.241. The molecule has 0 spiro atoms. The van der Waals surface area contributed by atoms with E-state index in [1.54, 1.807) is 4.68 Å². The van der Waals surface area contributed by atoms with Crippen molar-refractivity contribution in [1.82, 2.24) is 14.7 Å². The Bertz CT molecular complexity index is 498. The van der Waals surface area contributed by atoms with Gasteiger partial charge in [-0.05, 0) is 40.2 Å². The molecule has 21 heavy (non-hydrogen) atoms. The van der Waals surface area contributed by atoms with E-state index in [1.165, 1.54) is 5.56 Å². The van der Waals surface area contributed by atoms with Crippen LogP contribution >= 0.6 is 0 Å². The van der Waals surface area contributed by atoms with Crippen LogP contribution in [-0.2, 0) is 22.6 Å². The van der Waals surface area contributed by atoms with Gasteiger partial charge in [0, 0.05) is 30.4 Å². The van der Waals surface area contributed by atoms with Crippen molar-refractivity contribution in [3.8, 4) is 0 Å². The van der Waals surface area contributed by atoms with Crippen molar-refractivity contribution in [1.29, 1.82) is 0 Å². The fraction of sp³-hybridized carbons (Fsp3) is 0.733. The zero-order chi connectivity index (χ0) is 15.4. The molecule has 1 atom stereocenters. The highest BCUT2D eigenvalue weighted by molar-refractivity contribution is 5.69. The maximum absolute atomic E-state index is 11.6. The number of hydrogen-bond donors (Lipinski definition) is 1. The second-order valence-corrected chi connectivity index (χ2v) is 5.75. The van der Waals surface area contributed by atoms with Gasteiger partial charge in [0.25, 0.3) is 0 Å². The number of ether oxygens (including phenoxy) is 1. The molecule has 1 aromatic rings. The van der Waals surface area contributed by atoms with Crippen LogP contribution in [0.1, 0.15) is 36.7 Å². The number of nitrogens with zero attached hydrogens (tertiary/aromatic N) is 3. The summed E-state index contributed by atoms with van der Waals surface area (Å²) >= 11 is 0. The number of piperidine rings is 1. The first-order chi connectivity index (χ1) is 10.0. The summed E-state index contributed by atoms with van der Waals surface area (Å²) in [5.74, 6) is -0.241. The minimum Gasteiger partial charge on any atom is -0.465 e. The Morgan fingerprint density at radius 3 is 2.90 bits per heavy atom. The number of aryl methyl sites for hydroxylation is 1. The summed E-state index contributed by atoms with van der Waals surface area (Å²) in [6.45, 7) is 9.26. The van der Waals surface area contributed by atoms with E-state index in [2.05, 4.69) is 10.00 Å². The van der Waals surface area contributed by atoms with Crippen molar-refractivity contribution in [3.63, 3.8) is 0 Å². The molecule has 0 aliphatic carbocycles. The van der Waals surface area contributed by atoms with E-state index in [0.29, 0.717) is 6.61 Å². The van der Waals surface area contributed by atoms with Gasteiger partial charge in [0.15, 0.2) is 0 Å². The molecule has 0 aromatic carbocycles. The molecule has 1 aliphatic rings. The summed E-state index contributed by atoms with van der Waals surface area (Å²) in [6.07, 6.45) is 2.26. The van der Waals surface area contributed by atoms with Crippen LogP contribution in [-0.4, -0.2) is 46.4 Å². The molecule has 1 saturated heterocycles. The molecule has 0 amide bonds. The van der Waals surface area contributed by atoms with Gasteiger partial charge in [0.1, 0.15) is 6.54 Å². The maximum atomic E-state index is 11.6. The molecule has 0 bridgehead atoms. The van der Waals surface area contributed by atoms with Gasteiger partial charge >= 0.3 is 5.97 Å². The number of likely N-dealkylation sites (tertiary alicyclic amines) is 1. The van der Waals surface area contributed by atoms with E-state index in [1.807, 2.05) is 20.8 Å². The van der Waals surface area contributed by atoms with E-state index >= 15 is 0 Å². The summed E-state index contributed by atoms with van der Waals surface area (Å²) in [5, 5.41) is 4.47. The zero-order valence-corrected chi connectivity index (χ0v) is 13.3. The van der Waals surface area contributed by atoms with Crippen LogP contribution in [0.15, 0.2) is 0 Å². The smallest absolute Gasteiger partial charge is 0.327 e. The van der Waals surface area contributed by atoms with Gasteiger partial charge in [0.05, 0.1) is 12.3 Å². The standard InChI is InChI=1S/C15H26N4O2/c1-4-21-15(20)10-19-12(3)14(11(2)17-19)9-18-7-5-6-13(16)8-18/h13H,4-10,16H2,1-3H3. The third-order valence-corrected chi connectivity index (χ3v) is 4.04. The predicted molar refractivity (Wildman–Crippen MR) is 80.8 cm³/mol. The van der Waals surface area contributed by atoms with E-state index in [-0.39, 0.29) is 18.6 Å². The molecular weight excluding hydrogens is 268 g/mol. The van der Waals surface area contributed by atoms with Gasteiger partial charge < -0.3 is 10.5 Å². The highest BCUT2D eigenvalue weighted by Gasteiger charge is 2.20. The van der Waals surface area contributed by atoms with Crippen molar-refractivity contribution in [2.75, 3.05) is 19.7 Å². The van der Waals surface area contributed by atoms with E-state index in [0.717, 1.165) is 43.9 Å². The summed E-state index contributed by atoms with van der Waals surface area (Å²) in [6, 6.07) is 0.272. The monoisotopic (exact) mass is 294 g/mol. The lowest BCUT2D eigenvalue weighted by Gasteiger charge is -2.30. The van der Waals surface area contributed by atoms with Crippen LogP contribution in [0, 0.1) is 13.8 Å². The molecule has 0 radical (unpaired) electrons. The lowest BCUT2D eigenvalue weighted by molar-refractivity contribution is -0.144. The van der Waals surface area contributed by atoms with Crippen molar-refractivity contribution in [2.45, 2.75) is 52.7 Å². The average molecular weight is 294 g/mol. The Kier molecular flexibility index (Phi) is 5.36. The summed E-state index contributed by atoms with van der Waals surface area (Å²) in [5.41, 5.74) is 9.26. The van der Waals surface area contributed by atoms with Gasteiger partial charge in [-0.3, -0.25) is 14.4 Å². The van der Waals surface area contributed by atoms with Gasteiger partial charge in [-0.25, -0.2) is 0 Å².